The van der Waals surface area contributed by atoms with Gasteiger partial charge in [0.15, 0.2) is 5.16 Å². The molecule has 1 aliphatic carbocycles. The SMILES string of the molecule is CSc1nc(OS(=O)(=O)c2ccc(C#N)cc2)c2c3c(sc2n1)CCCC3. The van der Waals surface area contributed by atoms with Crippen LogP contribution in [0.15, 0.2) is 34.3 Å². The highest BCUT2D eigenvalue weighted by Crippen LogP contribution is 2.40. The second-order valence-electron chi connectivity index (χ2n) is 6.08. The van der Waals surface area contributed by atoms with Crippen molar-refractivity contribution in [2.45, 2.75) is 35.7 Å². The maximum Gasteiger partial charge on any atom is 0.340 e. The van der Waals surface area contributed by atoms with E-state index in [0.717, 1.165) is 36.1 Å². The summed E-state index contributed by atoms with van der Waals surface area (Å²) in [5.74, 6) is 0.0908. The number of nitriles is 1. The molecule has 138 valence electrons. The molecule has 0 amide bonds. The Morgan fingerprint density at radius 3 is 2.63 bits per heavy atom. The Morgan fingerprint density at radius 2 is 1.93 bits per heavy atom. The number of rotatable bonds is 4. The molecule has 1 aromatic carbocycles. The van der Waals surface area contributed by atoms with Crippen LogP contribution in [0.1, 0.15) is 28.8 Å². The van der Waals surface area contributed by atoms with E-state index < -0.39 is 10.1 Å². The van der Waals surface area contributed by atoms with E-state index in [2.05, 4.69) is 9.97 Å². The molecule has 1 aliphatic rings. The van der Waals surface area contributed by atoms with E-state index in [0.29, 0.717) is 16.1 Å². The summed E-state index contributed by atoms with van der Waals surface area (Å²) in [6.45, 7) is 0. The van der Waals surface area contributed by atoms with Crippen LogP contribution in [0.25, 0.3) is 10.2 Å². The zero-order valence-corrected chi connectivity index (χ0v) is 16.9. The van der Waals surface area contributed by atoms with Crippen LogP contribution in [-0.4, -0.2) is 24.6 Å². The lowest BCUT2D eigenvalue weighted by atomic mass is 9.97. The third-order valence-electron chi connectivity index (χ3n) is 4.40. The molecule has 0 fully saturated rings. The zero-order valence-electron chi connectivity index (χ0n) is 14.4. The standard InChI is InChI=1S/C18H15N3O3S3/c1-25-18-20-16(15-13-4-2-3-5-14(13)26-17(15)21-18)24-27(22,23)12-8-6-11(10-19)7-9-12/h6-9H,2-5H2,1H3. The molecule has 27 heavy (non-hydrogen) atoms. The average Bonchev–Trinajstić information content (AvgIpc) is 3.06. The minimum absolute atomic E-state index is 0.0111. The van der Waals surface area contributed by atoms with Crippen LogP contribution in [0.5, 0.6) is 5.88 Å². The Bertz CT molecular complexity index is 1160. The quantitative estimate of drug-likeness (QED) is 0.361. The molecule has 0 unspecified atom stereocenters. The van der Waals surface area contributed by atoms with Gasteiger partial charge in [0.05, 0.1) is 17.0 Å². The fourth-order valence-corrected chi connectivity index (χ4v) is 5.67. The van der Waals surface area contributed by atoms with Gasteiger partial charge in [-0.2, -0.15) is 18.7 Å². The van der Waals surface area contributed by atoms with E-state index >= 15 is 0 Å². The molecule has 0 N–H and O–H groups in total. The van der Waals surface area contributed by atoms with Gasteiger partial charge in [0.25, 0.3) is 0 Å². The van der Waals surface area contributed by atoms with Gasteiger partial charge in [-0.3, -0.25) is 0 Å². The van der Waals surface area contributed by atoms with Crippen molar-refractivity contribution < 1.29 is 12.6 Å². The second kappa shape index (κ2) is 7.11. The summed E-state index contributed by atoms with van der Waals surface area (Å²) < 4.78 is 31.0. The van der Waals surface area contributed by atoms with Crippen molar-refractivity contribution in [3.63, 3.8) is 0 Å². The molecule has 0 atom stereocenters. The van der Waals surface area contributed by atoms with Crippen LogP contribution < -0.4 is 4.18 Å². The molecule has 3 aromatic rings. The fourth-order valence-electron chi connectivity index (χ4n) is 3.11. The van der Waals surface area contributed by atoms with Gasteiger partial charge >= 0.3 is 10.1 Å². The largest absolute Gasteiger partial charge is 0.357 e. The monoisotopic (exact) mass is 417 g/mol. The van der Waals surface area contributed by atoms with Gasteiger partial charge in [-0.1, -0.05) is 11.8 Å². The molecule has 4 rings (SSSR count). The van der Waals surface area contributed by atoms with Crippen molar-refractivity contribution in [3.8, 4) is 11.9 Å². The maximum absolute atomic E-state index is 12.8. The third kappa shape index (κ3) is 3.40. The van der Waals surface area contributed by atoms with Gasteiger partial charge in [0, 0.05) is 4.88 Å². The number of thiophene rings is 1. The number of fused-ring (bicyclic) bond motifs is 3. The van der Waals surface area contributed by atoms with Crippen molar-refractivity contribution >= 4 is 43.4 Å². The highest BCUT2D eigenvalue weighted by Gasteiger charge is 2.26. The highest BCUT2D eigenvalue weighted by molar-refractivity contribution is 7.98. The number of hydrogen-bond acceptors (Lipinski definition) is 8. The fraction of sp³-hybridized carbons (Fsp3) is 0.278. The predicted molar refractivity (Wildman–Crippen MR) is 105 cm³/mol. The number of aromatic nitrogens is 2. The van der Waals surface area contributed by atoms with E-state index in [1.165, 1.54) is 40.9 Å². The van der Waals surface area contributed by atoms with E-state index in [-0.39, 0.29) is 10.8 Å². The Balaban J connectivity index is 1.82. The van der Waals surface area contributed by atoms with E-state index in [9.17, 15) is 8.42 Å². The minimum atomic E-state index is -4.06. The molecule has 2 heterocycles. The Hall–Kier alpha value is -2.15. The molecule has 0 radical (unpaired) electrons. The van der Waals surface area contributed by atoms with Crippen molar-refractivity contribution in [1.82, 2.24) is 9.97 Å². The minimum Gasteiger partial charge on any atom is -0.357 e. The molecule has 0 saturated heterocycles. The molecule has 9 heteroatoms. The smallest absolute Gasteiger partial charge is 0.340 e. The van der Waals surface area contributed by atoms with E-state index in [1.807, 2.05) is 12.3 Å². The van der Waals surface area contributed by atoms with Gasteiger partial charge in [-0.25, -0.2) is 4.98 Å². The first-order valence-electron chi connectivity index (χ1n) is 8.33. The van der Waals surface area contributed by atoms with Crippen LogP contribution in [0.3, 0.4) is 0 Å². The summed E-state index contributed by atoms with van der Waals surface area (Å²) in [7, 11) is -4.06. The summed E-state index contributed by atoms with van der Waals surface area (Å²) in [6, 6.07) is 7.60. The number of benzene rings is 1. The first-order valence-corrected chi connectivity index (χ1v) is 11.8. The number of hydrogen-bond donors (Lipinski definition) is 0. The maximum atomic E-state index is 12.8. The molecular weight excluding hydrogens is 402 g/mol. The lowest BCUT2D eigenvalue weighted by molar-refractivity contribution is 0.475. The van der Waals surface area contributed by atoms with Crippen molar-refractivity contribution in [3.05, 3.63) is 40.3 Å². The lowest BCUT2D eigenvalue weighted by Gasteiger charge is -2.12. The van der Waals surface area contributed by atoms with Crippen LogP contribution in [0, 0.1) is 11.3 Å². The molecular formula is C18H15N3O3S3. The molecule has 0 bridgehead atoms. The van der Waals surface area contributed by atoms with Gasteiger partial charge in [0.1, 0.15) is 9.73 Å². The molecule has 6 nitrogen and oxygen atoms in total. The van der Waals surface area contributed by atoms with Crippen LogP contribution in [0.2, 0.25) is 0 Å². The van der Waals surface area contributed by atoms with E-state index in [1.54, 1.807) is 11.3 Å². The van der Waals surface area contributed by atoms with E-state index in [4.69, 9.17) is 9.44 Å². The van der Waals surface area contributed by atoms with Crippen LogP contribution in [-0.2, 0) is 23.0 Å². The topological polar surface area (TPSA) is 92.9 Å². The number of nitrogens with zero attached hydrogens (tertiary/aromatic N) is 3. The number of thioether (sulfide) groups is 1. The second-order valence-corrected chi connectivity index (χ2v) is 9.48. The highest BCUT2D eigenvalue weighted by atomic mass is 32.2. The average molecular weight is 418 g/mol. The van der Waals surface area contributed by atoms with Gasteiger partial charge < -0.3 is 4.18 Å². The Morgan fingerprint density at radius 1 is 1.19 bits per heavy atom. The normalized spacial score (nSPS) is 13.9. The van der Waals surface area contributed by atoms with Gasteiger partial charge in [-0.05, 0) is 61.8 Å². The first kappa shape index (κ1) is 18.2. The van der Waals surface area contributed by atoms with Gasteiger partial charge in [-0.15, -0.1) is 11.3 Å². The summed E-state index contributed by atoms with van der Waals surface area (Å²) in [6.07, 6.45) is 5.89. The molecule has 0 aliphatic heterocycles. The van der Waals surface area contributed by atoms with Crippen molar-refractivity contribution in [2.24, 2.45) is 0 Å². The third-order valence-corrected chi connectivity index (χ3v) is 7.36. The molecule has 0 saturated carbocycles. The Labute approximate surface area is 165 Å². The van der Waals surface area contributed by atoms with Crippen molar-refractivity contribution in [1.29, 1.82) is 5.26 Å². The van der Waals surface area contributed by atoms with Crippen LogP contribution in [0.4, 0.5) is 0 Å². The predicted octanol–water partition coefficient (Wildman–Crippen LogP) is 3.93. The first-order chi connectivity index (χ1) is 13.0. The Kier molecular flexibility index (Phi) is 4.80. The zero-order chi connectivity index (χ0) is 19.0. The van der Waals surface area contributed by atoms with Crippen molar-refractivity contribution in [2.75, 3.05) is 6.26 Å². The molecule has 2 aromatic heterocycles. The summed E-state index contributed by atoms with van der Waals surface area (Å²) >= 11 is 2.94. The summed E-state index contributed by atoms with van der Waals surface area (Å²) in [5.41, 5.74) is 1.49. The van der Waals surface area contributed by atoms with Gasteiger partial charge in [0.2, 0.25) is 5.88 Å². The van der Waals surface area contributed by atoms with Crippen LogP contribution >= 0.6 is 23.1 Å². The lowest BCUT2D eigenvalue weighted by Crippen LogP contribution is -2.12. The number of aryl methyl sites for hydroxylation is 2. The molecule has 0 spiro atoms. The summed E-state index contributed by atoms with van der Waals surface area (Å²) in [4.78, 5) is 10.9. The summed E-state index contributed by atoms with van der Waals surface area (Å²) in [5, 5.41) is 10.1.